The number of carbonyl (C=O) groups excluding carboxylic acids is 1. The van der Waals surface area contributed by atoms with E-state index in [2.05, 4.69) is 15.2 Å². The summed E-state index contributed by atoms with van der Waals surface area (Å²) in [6, 6.07) is 1.70. The Hall–Kier alpha value is -1.33. The van der Waals surface area contributed by atoms with E-state index < -0.39 is 10.0 Å². The summed E-state index contributed by atoms with van der Waals surface area (Å²) in [6.07, 6.45) is 0. The van der Waals surface area contributed by atoms with Gasteiger partial charge in [-0.1, -0.05) is 11.3 Å². The summed E-state index contributed by atoms with van der Waals surface area (Å²) in [5.74, 6) is -0.177. The Balaban J connectivity index is 1.85. The van der Waals surface area contributed by atoms with Crippen LogP contribution in [0.2, 0.25) is 0 Å². The van der Waals surface area contributed by atoms with Crippen LogP contribution in [0.5, 0.6) is 0 Å². The summed E-state index contributed by atoms with van der Waals surface area (Å²) < 4.78 is 27.5. The fourth-order valence-corrected chi connectivity index (χ4v) is 6.41. The number of nitrogens with zero attached hydrogens (tertiary/aromatic N) is 3. The zero-order valence-corrected chi connectivity index (χ0v) is 16.7. The number of piperazine rings is 1. The maximum Gasteiger partial charge on any atom is 0.252 e. The molecule has 0 bridgehead atoms. The second-order valence-electron chi connectivity index (χ2n) is 5.98. The number of likely N-dealkylation sites (N-methyl/N-ethyl adjacent to an activating group) is 1. The molecule has 2 aromatic rings. The van der Waals surface area contributed by atoms with Gasteiger partial charge in [-0.3, -0.25) is 4.79 Å². The Kier molecular flexibility index (Phi) is 5.26. The smallest absolute Gasteiger partial charge is 0.252 e. The molecule has 7 nitrogen and oxygen atoms in total. The molecule has 10 heteroatoms. The highest BCUT2D eigenvalue weighted by atomic mass is 32.2. The lowest BCUT2D eigenvalue weighted by Gasteiger charge is -2.31. The van der Waals surface area contributed by atoms with Crippen molar-refractivity contribution in [2.45, 2.75) is 18.1 Å². The molecule has 2 aromatic heterocycles. The minimum absolute atomic E-state index is 0.177. The summed E-state index contributed by atoms with van der Waals surface area (Å²) >= 11 is 2.58. The van der Waals surface area contributed by atoms with Crippen LogP contribution in [0.3, 0.4) is 0 Å². The first kappa shape index (κ1) is 18.5. The van der Waals surface area contributed by atoms with Crippen LogP contribution >= 0.6 is 22.7 Å². The van der Waals surface area contributed by atoms with Crippen molar-refractivity contribution in [2.24, 2.45) is 0 Å². The molecule has 1 aliphatic heterocycles. The maximum atomic E-state index is 12.8. The Morgan fingerprint density at radius 2 is 1.96 bits per heavy atom. The van der Waals surface area contributed by atoms with E-state index in [9.17, 15) is 13.2 Å². The number of carbonyl (C=O) groups is 1. The fourth-order valence-electron chi connectivity index (χ4n) is 2.59. The summed E-state index contributed by atoms with van der Waals surface area (Å²) in [4.78, 5) is 18.5. The molecular weight excluding hydrogens is 380 g/mol. The maximum absolute atomic E-state index is 12.8. The molecule has 0 aliphatic carbocycles. The van der Waals surface area contributed by atoms with E-state index in [0.29, 0.717) is 22.4 Å². The first-order chi connectivity index (χ1) is 11.8. The molecule has 0 aromatic carbocycles. The summed E-state index contributed by atoms with van der Waals surface area (Å²) in [5, 5.41) is 5.03. The van der Waals surface area contributed by atoms with Gasteiger partial charge in [0.2, 0.25) is 5.91 Å². The van der Waals surface area contributed by atoms with E-state index in [0.717, 1.165) is 29.2 Å². The largest absolute Gasteiger partial charge is 0.304 e. The molecule has 1 aliphatic rings. The average Bonchev–Trinajstić information content (AvgIpc) is 3.14. The third kappa shape index (κ3) is 3.93. The molecule has 0 unspecified atom stereocenters. The van der Waals surface area contributed by atoms with Crippen molar-refractivity contribution in [1.82, 2.24) is 14.2 Å². The van der Waals surface area contributed by atoms with E-state index in [-0.39, 0.29) is 5.91 Å². The molecule has 3 heterocycles. The Morgan fingerprint density at radius 1 is 1.28 bits per heavy atom. The zero-order chi connectivity index (χ0) is 18.2. The van der Waals surface area contributed by atoms with E-state index in [1.165, 1.54) is 29.6 Å². The van der Waals surface area contributed by atoms with E-state index >= 15 is 0 Å². The number of rotatable bonds is 4. The van der Waals surface area contributed by atoms with Crippen molar-refractivity contribution >= 4 is 43.7 Å². The van der Waals surface area contributed by atoms with Gasteiger partial charge in [0, 0.05) is 44.0 Å². The van der Waals surface area contributed by atoms with Gasteiger partial charge in [-0.15, -0.1) is 11.3 Å². The number of thiazole rings is 1. The molecular formula is C15H20N4O3S3. The van der Waals surface area contributed by atoms with Crippen molar-refractivity contribution in [2.75, 3.05) is 38.5 Å². The molecule has 136 valence electrons. The van der Waals surface area contributed by atoms with E-state index in [4.69, 9.17) is 0 Å². The van der Waals surface area contributed by atoms with E-state index in [1.807, 2.05) is 19.4 Å². The molecule has 3 rings (SSSR count). The fraction of sp³-hybridized carbons (Fsp3) is 0.467. The van der Waals surface area contributed by atoms with Gasteiger partial charge in [0.25, 0.3) is 10.0 Å². The Morgan fingerprint density at radius 3 is 2.60 bits per heavy atom. The van der Waals surface area contributed by atoms with Crippen LogP contribution in [0, 0.1) is 6.92 Å². The van der Waals surface area contributed by atoms with Crippen molar-refractivity contribution in [1.29, 1.82) is 0 Å². The van der Waals surface area contributed by atoms with Gasteiger partial charge in [0.1, 0.15) is 4.21 Å². The molecule has 25 heavy (non-hydrogen) atoms. The molecule has 1 fully saturated rings. The van der Waals surface area contributed by atoms with E-state index in [1.54, 1.807) is 10.4 Å². The third-order valence-electron chi connectivity index (χ3n) is 3.97. The second kappa shape index (κ2) is 7.12. The number of amides is 1. The number of thiophene rings is 1. The number of hydrogen-bond donors (Lipinski definition) is 1. The van der Waals surface area contributed by atoms with Gasteiger partial charge >= 0.3 is 0 Å². The first-order valence-electron chi connectivity index (χ1n) is 7.80. The van der Waals surface area contributed by atoms with Crippen molar-refractivity contribution in [3.05, 3.63) is 17.1 Å². The van der Waals surface area contributed by atoms with Crippen LogP contribution in [-0.4, -0.2) is 61.7 Å². The Bertz CT molecular complexity index is 880. The molecule has 0 saturated carbocycles. The van der Waals surface area contributed by atoms with Gasteiger partial charge in [-0.25, -0.2) is 13.4 Å². The van der Waals surface area contributed by atoms with Crippen molar-refractivity contribution < 1.29 is 13.2 Å². The monoisotopic (exact) mass is 400 g/mol. The standard InChI is InChI=1S/C15H20N4O3S3/c1-10-14(24-15(16-10)17-11(2)20)12-8-13(23-9-12)25(21,22)19-6-4-18(3)5-7-19/h8-9H,4-7H2,1-3H3,(H,16,17,20). The molecule has 0 radical (unpaired) electrons. The molecule has 1 saturated heterocycles. The van der Waals surface area contributed by atoms with Crippen LogP contribution in [0.4, 0.5) is 5.13 Å². The minimum atomic E-state index is -3.46. The predicted octanol–water partition coefficient (Wildman–Crippen LogP) is 2.07. The van der Waals surface area contributed by atoms with Gasteiger partial charge in [-0.05, 0) is 20.0 Å². The third-order valence-corrected chi connectivity index (χ3v) is 8.41. The summed E-state index contributed by atoms with van der Waals surface area (Å²) in [7, 11) is -1.47. The van der Waals surface area contributed by atoms with Crippen LogP contribution in [0.1, 0.15) is 12.6 Å². The van der Waals surface area contributed by atoms with Crippen LogP contribution in [0.25, 0.3) is 10.4 Å². The highest BCUT2D eigenvalue weighted by molar-refractivity contribution is 7.91. The molecule has 1 N–H and O–H groups in total. The second-order valence-corrected chi connectivity index (χ2v) is 10.1. The quantitative estimate of drug-likeness (QED) is 0.850. The first-order valence-corrected chi connectivity index (χ1v) is 10.9. The van der Waals surface area contributed by atoms with Crippen LogP contribution < -0.4 is 5.32 Å². The SMILES string of the molecule is CC(=O)Nc1nc(C)c(-c2csc(S(=O)(=O)N3CCN(C)CC3)c2)s1. The highest BCUT2D eigenvalue weighted by Crippen LogP contribution is 2.37. The number of nitrogens with one attached hydrogen (secondary N) is 1. The van der Waals surface area contributed by atoms with Gasteiger partial charge < -0.3 is 10.2 Å². The lowest BCUT2D eigenvalue weighted by atomic mass is 10.2. The number of aryl methyl sites for hydroxylation is 1. The number of aromatic nitrogens is 1. The van der Waals surface area contributed by atoms with Gasteiger partial charge in [-0.2, -0.15) is 4.31 Å². The topological polar surface area (TPSA) is 82.6 Å². The summed E-state index contributed by atoms with van der Waals surface area (Å²) in [6.45, 7) is 5.79. The molecule has 0 atom stereocenters. The predicted molar refractivity (Wildman–Crippen MR) is 101 cm³/mol. The minimum Gasteiger partial charge on any atom is -0.304 e. The lowest BCUT2D eigenvalue weighted by molar-refractivity contribution is -0.114. The van der Waals surface area contributed by atoms with Crippen molar-refractivity contribution in [3.8, 4) is 10.4 Å². The number of anilines is 1. The molecule has 1 amide bonds. The zero-order valence-electron chi connectivity index (χ0n) is 14.3. The number of sulfonamides is 1. The van der Waals surface area contributed by atoms with Gasteiger partial charge in [0.05, 0.1) is 10.6 Å². The summed E-state index contributed by atoms with van der Waals surface area (Å²) in [5.41, 5.74) is 1.60. The normalized spacial score (nSPS) is 16.9. The van der Waals surface area contributed by atoms with Gasteiger partial charge in [0.15, 0.2) is 5.13 Å². The Labute approximate surface area is 155 Å². The highest BCUT2D eigenvalue weighted by Gasteiger charge is 2.29. The van der Waals surface area contributed by atoms with Crippen molar-refractivity contribution in [3.63, 3.8) is 0 Å². The number of hydrogen-bond acceptors (Lipinski definition) is 7. The van der Waals surface area contributed by atoms with Crippen LogP contribution in [0.15, 0.2) is 15.7 Å². The average molecular weight is 401 g/mol. The lowest BCUT2D eigenvalue weighted by Crippen LogP contribution is -2.46. The molecule has 0 spiro atoms. The van der Waals surface area contributed by atoms with Crippen LogP contribution in [-0.2, 0) is 14.8 Å².